The quantitative estimate of drug-likeness (QED) is 0.646. The zero-order chi connectivity index (χ0) is 21.1. The predicted molar refractivity (Wildman–Crippen MR) is 109 cm³/mol. The summed E-state index contributed by atoms with van der Waals surface area (Å²) in [5, 5.41) is 6.81. The largest absolute Gasteiger partial charge is 0.378 e. The molecule has 0 saturated carbocycles. The topological polar surface area (TPSA) is 84.7 Å². The SMILES string of the molecule is CC(=O)c1ccc(NC(=O)c2c(-c3ccccc3F)noc2N2CCOCC2)cc1. The van der Waals surface area contributed by atoms with Gasteiger partial charge in [-0.2, -0.15) is 0 Å². The summed E-state index contributed by atoms with van der Waals surface area (Å²) >= 11 is 0. The van der Waals surface area contributed by atoms with Crippen LogP contribution in [0.4, 0.5) is 16.0 Å². The Morgan fingerprint density at radius 3 is 2.43 bits per heavy atom. The van der Waals surface area contributed by atoms with Crippen LogP contribution in [0, 0.1) is 5.82 Å². The second-order valence-corrected chi connectivity index (χ2v) is 6.88. The second-order valence-electron chi connectivity index (χ2n) is 6.88. The minimum atomic E-state index is -0.501. The number of ketones is 1. The number of carbonyl (C=O) groups is 2. The van der Waals surface area contributed by atoms with Gasteiger partial charge in [0.05, 0.1) is 13.2 Å². The molecule has 0 atom stereocenters. The van der Waals surface area contributed by atoms with Gasteiger partial charge in [0.1, 0.15) is 17.1 Å². The molecular formula is C22H20FN3O4. The van der Waals surface area contributed by atoms with E-state index in [2.05, 4.69) is 10.5 Å². The third-order valence-electron chi connectivity index (χ3n) is 4.88. The highest BCUT2D eigenvalue weighted by atomic mass is 19.1. The smallest absolute Gasteiger partial charge is 0.263 e. The lowest BCUT2D eigenvalue weighted by Gasteiger charge is -2.26. The molecule has 0 unspecified atom stereocenters. The predicted octanol–water partition coefficient (Wildman–Crippen LogP) is 3.77. The van der Waals surface area contributed by atoms with Gasteiger partial charge in [-0.1, -0.05) is 17.3 Å². The van der Waals surface area contributed by atoms with E-state index >= 15 is 0 Å². The van der Waals surface area contributed by atoms with Crippen molar-refractivity contribution in [1.29, 1.82) is 0 Å². The lowest BCUT2D eigenvalue weighted by atomic mass is 10.1. The van der Waals surface area contributed by atoms with Crippen molar-refractivity contribution < 1.29 is 23.2 Å². The fourth-order valence-electron chi connectivity index (χ4n) is 3.29. The summed E-state index contributed by atoms with van der Waals surface area (Å²) in [5.41, 5.74) is 1.50. The zero-order valence-corrected chi connectivity index (χ0v) is 16.4. The molecule has 154 valence electrons. The fraction of sp³-hybridized carbons (Fsp3) is 0.227. The van der Waals surface area contributed by atoms with Crippen LogP contribution in [0.1, 0.15) is 27.6 Å². The van der Waals surface area contributed by atoms with Gasteiger partial charge in [-0.05, 0) is 43.3 Å². The Labute approximate surface area is 172 Å². The summed E-state index contributed by atoms with van der Waals surface area (Å²) in [6.07, 6.45) is 0. The van der Waals surface area contributed by atoms with Gasteiger partial charge < -0.3 is 19.5 Å². The summed E-state index contributed by atoms with van der Waals surface area (Å²) in [6.45, 7) is 3.51. The molecule has 1 amide bonds. The monoisotopic (exact) mass is 409 g/mol. The van der Waals surface area contributed by atoms with E-state index < -0.39 is 11.7 Å². The molecule has 8 heteroatoms. The van der Waals surface area contributed by atoms with Gasteiger partial charge in [-0.25, -0.2) is 4.39 Å². The number of hydrogen-bond donors (Lipinski definition) is 1. The first-order valence-electron chi connectivity index (χ1n) is 9.54. The lowest BCUT2D eigenvalue weighted by Crippen LogP contribution is -2.37. The molecule has 7 nitrogen and oxygen atoms in total. The number of rotatable bonds is 5. The molecule has 2 aromatic carbocycles. The minimum absolute atomic E-state index is 0.0663. The molecule has 1 aromatic heterocycles. The van der Waals surface area contributed by atoms with Gasteiger partial charge in [-0.3, -0.25) is 9.59 Å². The van der Waals surface area contributed by atoms with Gasteiger partial charge in [0.15, 0.2) is 5.78 Å². The van der Waals surface area contributed by atoms with Crippen molar-refractivity contribution in [2.24, 2.45) is 0 Å². The number of nitrogens with zero attached hydrogens (tertiary/aromatic N) is 2. The van der Waals surface area contributed by atoms with Crippen LogP contribution in [-0.4, -0.2) is 43.2 Å². The summed E-state index contributed by atoms with van der Waals surface area (Å²) < 4.78 is 25.3. The van der Waals surface area contributed by atoms with Crippen molar-refractivity contribution in [2.75, 3.05) is 36.5 Å². The number of nitrogens with one attached hydrogen (secondary N) is 1. The number of anilines is 2. The highest BCUT2D eigenvalue weighted by molar-refractivity contribution is 6.11. The number of aromatic nitrogens is 1. The Morgan fingerprint density at radius 2 is 1.77 bits per heavy atom. The Kier molecular flexibility index (Phi) is 5.58. The molecule has 30 heavy (non-hydrogen) atoms. The summed E-state index contributed by atoms with van der Waals surface area (Å²) in [5.74, 6) is -0.775. The maximum Gasteiger partial charge on any atom is 0.263 e. The molecule has 1 saturated heterocycles. The summed E-state index contributed by atoms with van der Waals surface area (Å²) in [4.78, 5) is 26.5. The van der Waals surface area contributed by atoms with Gasteiger partial charge in [-0.15, -0.1) is 0 Å². The number of halogens is 1. The van der Waals surface area contributed by atoms with Crippen LogP contribution < -0.4 is 10.2 Å². The average molecular weight is 409 g/mol. The second kappa shape index (κ2) is 8.46. The molecule has 4 rings (SSSR count). The highest BCUT2D eigenvalue weighted by Gasteiger charge is 2.30. The molecule has 1 N–H and O–H groups in total. The molecule has 3 aromatic rings. The molecule has 0 bridgehead atoms. The Balaban J connectivity index is 1.71. The standard InChI is InChI=1S/C22H20FN3O4/c1-14(27)15-6-8-16(9-7-15)24-21(28)19-20(17-4-2-3-5-18(17)23)25-30-22(19)26-10-12-29-13-11-26/h2-9H,10-13H2,1H3,(H,24,28). The first-order chi connectivity index (χ1) is 14.5. The first-order valence-corrected chi connectivity index (χ1v) is 9.54. The van der Waals surface area contributed by atoms with Crippen molar-refractivity contribution in [2.45, 2.75) is 6.92 Å². The van der Waals surface area contributed by atoms with E-state index in [0.717, 1.165) is 0 Å². The molecule has 0 aliphatic carbocycles. The van der Waals surface area contributed by atoms with Crippen molar-refractivity contribution >= 4 is 23.3 Å². The molecule has 1 aliphatic heterocycles. The number of hydrogen-bond acceptors (Lipinski definition) is 6. The van der Waals surface area contributed by atoms with E-state index in [4.69, 9.17) is 9.26 Å². The van der Waals surface area contributed by atoms with Crippen LogP contribution in [0.15, 0.2) is 53.1 Å². The Bertz CT molecular complexity index is 1070. The van der Waals surface area contributed by atoms with E-state index in [-0.39, 0.29) is 28.5 Å². The maximum atomic E-state index is 14.4. The number of Topliss-reactive ketones (excluding diaryl/α,β-unsaturated/α-hetero) is 1. The molecular weight excluding hydrogens is 389 g/mol. The van der Waals surface area contributed by atoms with Gasteiger partial charge in [0.25, 0.3) is 5.91 Å². The van der Waals surface area contributed by atoms with Crippen molar-refractivity contribution in [3.05, 3.63) is 65.5 Å². The molecule has 0 radical (unpaired) electrons. The van der Waals surface area contributed by atoms with Gasteiger partial charge in [0.2, 0.25) is 5.88 Å². The summed E-state index contributed by atoms with van der Waals surface area (Å²) in [6, 6.07) is 12.6. The normalized spacial score (nSPS) is 13.9. The third kappa shape index (κ3) is 3.95. The van der Waals surface area contributed by atoms with Crippen molar-refractivity contribution in [1.82, 2.24) is 5.16 Å². The zero-order valence-electron chi connectivity index (χ0n) is 16.4. The van der Waals surface area contributed by atoms with Crippen LogP contribution in [0.3, 0.4) is 0 Å². The minimum Gasteiger partial charge on any atom is -0.378 e. The van der Waals surface area contributed by atoms with Crippen LogP contribution in [0.25, 0.3) is 11.3 Å². The lowest BCUT2D eigenvalue weighted by molar-refractivity contribution is 0.101. The Morgan fingerprint density at radius 1 is 1.07 bits per heavy atom. The maximum absolute atomic E-state index is 14.4. The van der Waals surface area contributed by atoms with Crippen LogP contribution in [0.5, 0.6) is 0 Å². The number of morpholine rings is 1. The van der Waals surface area contributed by atoms with Gasteiger partial charge in [0, 0.05) is 29.9 Å². The average Bonchev–Trinajstić information content (AvgIpc) is 3.20. The molecule has 1 fully saturated rings. The van der Waals surface area contributed by atoms with E-state index in [9.17, 15) is 14.0 Å². The number of benzene rings is 2. The molecule has 1 aliphatic rings. The third-order valence-corrected chi connectivity index (χ3v) is 4.88. The van der Waals surface area contributed by atoms with Crippen LogP contribution in [-0.2, 0) is 4.74 Å². The molecule has 0 spiro atoms. The first kappa shape index (κ1) is 19.8. The summed E-state index contributed by atoms with van der Waals surface area (Å²) in [7, 11) is 0. The van der Waals surface area contributed by atoms with E-state index in [0.29, 0.717) is 37.6 Å². The Hall–Kier alpha value is -3.52. The van der Waals surface area contributed by atoms with Crippen LogP contribution in [0.2, 0.25) is 0 Å². The number of amides is 1. The number of ether oxygens (including phenoxy) is 1. The van der Waals surface area contributed by atoms with E-state index in [1.165, 1.54) is 13.0 Å². The van der Waals surface area contributed by atoms with E-state index in [1.54, 1.807) is 42.5 Å². The molecule has 2 heterocycles. The highest BCUT2D eigenvalue weighted by Crippen LogP contribution is 2.33. The van der Waals surface area contributed by atoms with Crippen molar-refractivity contribution in [3.8, 4) is 11.3 Å². The van der Waals surface area contributed by atoms with Gasteiger partial charge >= 0.3 is 0 Å². The fourth-order valence-corrected chi connectivity index (χ4v) is 3.29. The van der Waals surface area contributed by atoms with Crippen molar-refractivity contribution in [3.63, 3.8) is 0 Å². The number of carbonyl (C=O) groups excluding carboxylic acids is 2. The van der Waals surface area contributed by atoms with E-state index in [1.807, 2.05) is 4.90 Å². The van der Waals surface area contributed by atoms with Crippen LogP contribution >= 0.6 is 0 Å².